The van der Waals surface area contributed by atoms with E-state index in [4.69, 9.17) is 9.72 Å². The predicted molar refractivity (Wildman–Crippen MR) is 102 cm³/mol. The number of hydrogen-bond donors (Lipinski definition) is 0. The van der Waals surface area contributed by atoms with Crippen LogP contribution in [0.1, 0.15) is 29.5 Å². The quantitative estimate of drug-likeness (QED) is 0.436. The van der Waals surface area contributed by atoms with Crippen LogP contribution in [0.3, 0.4) is 0 Å². The zero-order chi connectivity index (χ0) is 17.3. The zero-order valence-electron chi connectivity index (χ0n) is 14.4. The molecule has 0 bridgehead atoms. The summed E-state index contributed by atoms with van der Waals surface area (Å²) in [5, 5.41) is 1.08. The van der Waals surface area contributed by atoms with Crippen LogP contribution in [0.5, 0.6) is 5.75 Å². The maximum absolute atomic E-state index is 6.18. The minimum Gasteiger partial charge on any atom is -0.487 e. The minimum absolute atomic E-state index is 0.320. The molecule has 1 aliphatic carbocycles. The van der Waals surface area contributed by atoms with Crippen molar-refractivity contribution in [2.45, 2.75) is 19.4 Å². The van der Waals surface area contributed by atoms with Gasteiger partial charge in [0.2, 0.25) is 0 Å². The third kappa shape index (κ3) is 1.67. The monoisotopic (exact) mass is 336 g/mol. The van der Waals surface area contributed by atoms with Gasteiger partial charge in [0.1, 0.15) is 12.4 Å². The van der Waals surface area contributed by atoms with Gasteiger partial charge in [-0.1, -0.05) is 37.3 Å². The van der Waals surface area contributed by atoms with Gasteiger partial charge in [0.15, 0.2) is 0 Å². The van der Waals surface area contributed by atoms with E-state index in [-0.39, 0.29) is 0 Å². The number of hydrogen-bond acceptors (Lipinski definition) is 3. The van der Waals surface area contributed by atoms with Gasteiger partial charge >= 0.3 is 0 Å². The first-order chi connectivity index (χ1) is 12.8. The summed E-state index contributed by atoms with van der Waals surface area (Å²) in [5.41, 5.74) is 9.60. The standard InChI is InChI=1S/C23H16N2O/c1-13-15-6-4-10-24-22(15)17-9-8-14-12-26-23-16-5-2-3-7-19(16)25-11-18(23)21(14)20(13)17/h2-11,13H,12H2,1H3. The fourth-order valence-corrected chi connectivity index (χ4v) is 4.51. The molecule has 0 radical (unpaired) electrons. The van der Waals surface area contributed by atoms with Crippen LogP contribution in [-0.2, 0) is 6.61 Å². The number of fused-ring (bicyclic) bond motifs is 9. The largest absolute Gasteiger partial charge is 0.487 e. The zero-order valence-corrected chi connectivity index (χ0v) is 14.4. The highest BCUT2D eigenvalue weighted by molar-refractivity contribution is 5.96. The molecule has 4 aromatic rings. The van der Waals surface area contributed by atoms with Crippen LogP contribution < -0.4 is 4.74 Å². The highest BCUT2D eigenvalue weighted by Crippen LogP contribution is 2.52. The highest BCUT2D eigenvalue weighted by Gasteiger charge is 2.33. The van der Waals surface area contributed by atoms with Crippen LogP contribution in [0.4, 0.5) is 0 Å². The van der Waals surface area contributed by atoms with Gasteiger partial charge in [-0.25, -0.2) is 0 Å². The van der Waals surface area contributed by atoms with Crippen molar-refractivity contribution in [1.29, 1.82) is 0 Å². The SMILES string of the molecule is CC1c2cccnc2-c2ccc3c(c21)-c1cnc2ccccc2c1OC3. The second-order valence-electron chi connectivity index (χ2n) is 7.03. The van der Waals surface area contributed by atoms with Crippen molar-refractivity contribution in [3.05, 3.63) is 77.6 Å². The second kappa shape index (κ2) is 4.92. The fraction of sp³-hybridized carbons (Fsp3) is 0.130. The lowest BCUT2D eigenvalue weighted by Crippen LogP contribution is -2.09. The van der Waals surface area contributed by atoms with Crippen molar-refractivity contribution >= 4 is 10.9 Å². The van der Waals surface area contributed by atoms with E-state index >= 15 is 0 Å². The first-order valence-corrected chi connectivity index (χ1v) is 8.95. The van der Waals surface area contributed by atoms with E-state index in [2.05, 4.69) is 36.2 Å². The molecule has 26 heavy (non-hydrogen) atoms. The van der Waals surface area contributed by atoms with Crippen molar-refractivity contribution in [2.24, 2.45) is 0 Å². The first-order valence-electron chi connectivity index (χ1n) is 8.95. The van der Waals surface area contributed by atoms with E-state index in [0.29, 0.717) is 12.5 Å². The number of nitrogens with zero attached hydrogens (tertiary/aromatic N) is 2. The van der Waals surface area contributed by atoms with Crippen LogP contribution in [0.15, 0.2) is 60.9 Å². The summed E-state index contributed by atoms with van der Waals surface area (Å²) >= 11 is 0. The molecular weight excluding hydrogens is 320 g/mol. The molecule has 1 unspecified atom stereocenters. The van der Waals surface area contributed by atoms with Crippen LogP contribution >= 0.6 is 0 Å². The van der Waals surface area contributed by atoms with E-state index in [9.17, 15) is 0 Å². The van der Waals surface area contributed by atoms with E-state index in [1.165, 1.54) is 27.8 Å². The molecule has 3 heterocycles. The van der Waals surface area contributed by atoms with E-state index in [1.54, 1.807) is 0 Å². The Morgan fingerprint density at radius 3 is 2.85 bits per heavy atom. The number of benzene rings is 2. The van der Waals surface area contributed by atoms with Gasteiger partial charge < -0.3 is 4.74 Å². The Morgan fingerprint density at radius 1 is 0.962 bits per heavy atom. The van der Waals surface area contributed by atoms with Crippen LogP contribution in [-0.4, -0.2) is 9.97 Å². The van der Waals surface area contributed by atoms with Gasteiger partial charge in [0.25, 0.3) is 0 Å². The lowest BCUT2D eigenvalue weighted by molar-refractivity contribution is 0.305. The lowest BCUT2D eigenvalue weighted by atomic mass is 9.86. The van der Waals surface area contributed by atoms with Crippen LogP contribution in [0, 0.1) is 0 Å². The molecule has 0 saturated heterocycles. The van der Waals surface area contributed by atoms with Crippen molar-refractivity contribution in [1.82, 2.24) is 9.97 Å². The summed E-state index contributed by atoms with van der Waals surface area (Å²) in [6.07, 6.45) is 3.85. The molecule has 2 aliphatic rings. The van der Waals surface area contributed by atoms with Crippen molar-refractivity contribution in [3.63, 3.8) is 0 Å². The Hall–Kier alpha value is -3.20. The van der Waals surface area contributed by atoms with E-state index in [1.807, 2.05) is 36.7 Å². The number of para-hydroxylation sites is 1. The second-order valence-corrected chi connectivity index (χ2v) is 7.03. The Morgan fingerprint density at radius 2 is 1.88 bits per heavy atom. The summed E-state index contributed by atoms with van der Waals surface area (Å²) < 4.78 is 6.18. The number of ether oxygens (including phenoxy) is 1. The van der Waals surface area contributed by atoms with E-state index < -0.39 is 0 Å². The molecule has 2 aromatic carbocycles. The molecule has 3 nitrogen and oxygen atoms in total. The summed E-state index contributed by atoms with van der Waals surface area (Å²) in [4.78, 5) is 9.36. The topological polar surface area (TPSA) is 35.0 Å². The fourth-order valence-electron chi connectivity index (χ4n) is 4.51. The molecule has 2 aromatic heterocycles. The molecule has 1 aliphatic heterocycles. The van der Waals surface area contributed by atoms with Crippen molar-refractivity contribution < 1.29 is 4.74 Å². The molecule has 3 heteroatoms. The molecule has 1 atom stereocenters. The summed E-state index contributed by atoms with van der Waals surface area (Å²) in [5.74, 6) is 1.27. The third-order valence-corrected chi connectivity index (χ3v) is 5.69. The molecule has 6 rings (SSSR count). The molecule has 0 spiro atoms. The Labute approximate surface area is 151 Å². The predicted octanol–water partition coefficient (Wildman–Crippen LogP) is 5.32. The molecule has 0 fully saturated rings. The van der Waals surface area contributed by atoms with Crippen molar-refractivity contribution in [3.8, 4) is 28.1 Å². The molecule has 0 amide bonds. The summed E-state index contributed by atoms with van der Waals surface area (Å²) in [6, 6.07) is 16.8. The lowest BCUT2D eigenvalue weighted by Gasteiger charge is -2.25. The van der Waals surface area contributed by atoms with Gasteiger partial charge in [0, 0.05) is 34.8 Å². The number of rotatable bonds is 0. The van der Waals surface area contributed by atoms with Gasteiger partial charge in [-0.15, -0.1) is 0 Å². The Balaban J connectivity index is 1.70. The van der Waals surface area contributed by atoms with Crippen LogP contribution in [0.2, 0.25) is 0 Å². The average Bonchev–Trinajstić information content (AvgIpc) is 3.00. The van der Waals surface area contributed by atoms with Gasteiger partial charge in [-0.3, -0.25) is 9.97 Å². The maximum atomic E-state index is 6.18. The normalized spacial score (nSPS) is 16.4. The third-order valence-electron chi connectivity index (χ3n) is 5.69. The number of aromatic nitrogens is 2. The summed E-state index contributed by atoms with van der Waals surface area (Å²) in [7, 11) is 0. The number of pyridine rings is 2. The smallest absolute Gasteiger partial charge is 0.138 e. The van der Waals surface area contributed by atoms with E-state index in [0.717, 1.165) is 27.9 Å². The minimum atomic E-state index is 0.320. The maximum Gasteiger partial charge on any atom is 0.138 e. The Kier molecular flexibility index (Phi) is 2.65. The van der Waals surface area contributed by atoms with Crippen molar-refractivity contribution in [2.75, 3.05) is 0 Å². The van der Waals surface area contributed by atoms with Crippen LogP contribution in [0.25, 0.3) is 33.3 Å². The molecule has 0 saturated carbocycles. The summed E-state index contributed by atoms with van der Waals surface area (Å²) in [6.45, 7) is 2.87. The van der Waals surface area contributed by atoms with Gasteiger partial charge in [0.05, 0.1) is 11.2 Å². The van der Waals surface area contributed by atoms with Gasteiger partial charge in [-0.05, 0) is 40.5 Å². The average molecular weight is 336 g/mol. The Bertz CT molecular complexity index is 1210. The molecular formula is C23H16N2O. The first kappa shape index (κ1) is 14.0. The molecule has 124 valence electrons. The molecule has 0 N–H and O–H groups in total. The van der Waals surface area contributed by atoms with Gasteiger partial charge in [-0.2, -0.15) is 0 Å². The highest BCUT2D eigenvalue weighted by atomic mass is 16.5.